The van der Waals surface area contributed by atoms with Crippen LogP contribution in [0.1, 0.15) is 17.5 Å². The van der Waals surface area contributed by atoms with Crippen LogP contribution >= 0.6 is 11.6 Å². The molecule has 0 radical (unpaired) electrons. The van der Waals surface area contributed by atoms with Crippen molar-refractivity contribution in [2.75, 3.05) is 30.5 Å². The largest absolute Gasteiger partial charge is 0.345 e. The van der Waals surface area contributed by atoms with Crippen LogP contribution in [0.5, 0.6) is 0 Å². The van der Waals surface area contributed by atoms with Gasteiger partial charge in [0.05, 0.1) is 29.5 Å². The lowest BCUT2D eigenvalue weighted by molar-refractivity contribution is -0.0472. The standard InChI is InChI=1S/C16H14ClN5O3/c1-22(14-4-2-3-12(20-14)15-24-5-6-25-15)16(23)21-13-7-11(17)10(8-18)9-19-13/h2-4,7,9,15H,5-6H2,1H3,(H,19,21,23). The first-order chi connectivity index (χ1) is 12.1. The van der Waals surface area contributed by atoms with Gasteiger partial charge in [0.25, 0.3) is 0 Å². The summed E-state index contributed by atoms with van der Waals surface area (Å²) in [7, 11) is 1.57. The van der Waals surface area contributed by atoms with Gasteiger partial charge in [-0.05, 0) is 12.1 Å². The Morgan fingerprint density at radius 1 is 1.44 bits per heavy atom. The molecule has 3 heterocycles. The first kappa shape index (κ1) is 17.1. The Morgan fingerprint density at radius 2 is 2.20 bits per heavy atom. The normalized spacial score (nSPS) is 14.1. The zero-order valence-electron chi connectivity index (χ0n) is 13.3. The molecule has 1 saturated heterocycles. The van der Waals surface area contributed by atoms with Gasteiger partial charge < -0.3 is 9.47 Å². The van der Waals surface area contributed by atoms with Gasteiger partial charge in [-0.2, -0.15) is 5.26 Å². The summed E-state index contributed by atoms with van der Waals surface area (Å²) in [4.78, 5) is 22.1. The minimum atomic E-state index is -0.518. The van der Waals surface area contributed by atoms with Crippen molar-refractivity contribution >= 4 is 29.3 Å². The number of halogens is 1. The molecule has 128 valence electrons. The number of nitriles is 1. The van der Waals surface area contributed by atoms with Crippen LogP contribution in [0.25, 0.3) is 0 Å². The molecule has 2 amide bonds. The van der Waals surface area contributed by atoms with Crippen LogP contribution in [0, 0.1) is 11.3 Å². The van der Waals surface area contributed by atoms with Crippen molar-refractivity contribution in [1.82, 2.24) is 9.97 Å². The summed E-state index contributed by atoms with van der Waals surface area (Å²) in [5, 5.41) is 11.7. The predicted octanol–water partition coefficient (Wildman–Crippen LogP) is 2.72. The lowest BCUT2D eigenvalue weighted by Crippen LogP contribution is -2.32. The van der Waals surface area contributed by atoms with Crippen LogP contribution < -0.4 is 10.2 Å². The molecule has 0 saturated carbocycles. The Morgan fingerprint density at radius 3 is 2.88 bits per heavy atom. The topological polar surface area (TPSA) is 100 Å². The number of aromatic nitrogens is 2. The molecule has 2 aromatic heterocycles. The number of nitrogens with one attached hydrogen (secondary N) is 1. The molecule has 0 bridgehead atoms. The monoisotopic (exact) mass is 359 g/mol. The Kier molecular flexibility index (Phi) is 5.09. The molecule has 1 fully saturated rings. The Balaban J connectivity index is 1.73. The number of hydrogen-bond donors (Lipinski definition) is 1. The second kappa shape index (κ2) is 7.44. The smallest absolute Gasteiger partial charge is 0.328 e. The SMILES string of the molecule is CN(C(=O)Nc1cc(Cl)c(C#N)cn1)c1cccc(C2OCCO2)n1. The number of ether oxygens (including phenoxy) is 2. The van der Waals surface area contributed by atoms with Crippen LogP contribution in [0.4, 0.5) is 16.4 Å². The molecule has 0 unspecified atom stereocenters. The van der Waals surface area contributed by atoms with E-state index in [1.165, 1.54) is 17.2 Å². The maximum Gasteiger partial charge on any atom is 0.328 e. The van der Waals surface area contributed by atoms with Gasteiger partial charge in [-0.15, -0.1) is 0 Å². The molecule has 0 atom stereocenters. The quantitative estimate of drug-likeness (QED) is 0.904. The van der Waals surface area contributed by atoms with Gasteiger partial charge in [0.1, 0.15) is 17.7 Å². The van der Waals surface area contributed by atoms with Gasteiger partial charge in [-0.1, -0.05) is 17.7 Å². The number of anilines is 2. The summed E-state index contributed by atoms with van der Waals surface area (Å²) in [6.45, 7) is 1.02. The number of carbonyl (C=O) groups excluding carboxylic acids is 1. The second-order valence-electron chi connectivity index (χ2n) is 5.14. The summed E-state index contributed by atoms with van der Waals surface area (Å²) in [6.07, 6.45) is 0.779. The van der Waals surface area contributed by atoms with Crippen molar-refractivity contribution < 1.29 is 14.3 Å². The molecule has 25 heavy (non-hydrogen) atoms. The third-order valence-electron chi connectivity index (χ3n) is 3.48. The van der Waals surface area contributed by atoms with Gasteiger partial charge in [-0.3, -0.25) is 10.2 Å². The maximum absolute atomic E-state index is 12.4. The summed E-state index contributed by atoms with van der Waals surface area (Å²) in [5.74, 6) is 0.660. The molecule has 9 heteroatoms. The number of nitrogens with zero attached hydrogens (tertiary/aromatic N) is 4. The second-order valence-corrected chi connectivity index (χ2v) is 5.55. The minimum absolute atomic E-state index is 0.214. The fourth-order valence-corrected chi connectivity index (χ4v) is 2.36. The number of pyridine rings is 2. The third-order valence-corrected chi connectivity index (χ3v) is 3.79. The molecule has 1 N–H and O–H groups in total. The highest BCUT2D eigenvalue weighted by atomic mass is 35.5. The summed E-state index contributed by atoms with van der Waals surface area (Å²) < 4.78 is 10.8. The maximum atomic E-state index is 12.4. The average molecular weight is 360 g/mol. The Bertz CT molecular complexity index is 833. The van der Waals surface area contributed by atoms with Crippen molar-refractivity contribution in [3.63, 3.8) is 0 Å². The number of rotatable bonds is 3. The molecule has 0 aliphatic carbocycles. The van der Waals surface area contributed by atoms with Crippen LogP contribution in [-0.2, 0) is 9.47 Å². The first-order valence-corrected chi connectivity index (χ1v) is 7.77. The van der Waals surface area contributed by atoms with E-state index in [9.17, 15) is 4.79 Å². The fourth-order valence-electron chi connectivity index (χ4n) is 2.17. The van der Waals surface area contributed by atoms with Crippen molar-refractivity contribution in [2.45, 2.75) is 6.29 Å². The van der Waals surface area contributed by atoms with Gasteiger partial charge >= 0.3 is 6.03 Å². The summed E-state index contributed by atoms with van der Waals surface area (Å²) >= 11 is 5.94. The molecular weight excluding hydrogens is 346 g/mol. The van der Waals surface area contributed by atoms with E-state index in [4.69, 9.17) is 26.3 Å². The molecule has 8 nitrogen and oxygen atoms in total. The van der Waals surface area contributed by atoms with Crippen LogP contribution in [0.3, 0.4) is 0 Å². The fraction of sp³-hybridized carbons (Fsp3) is 0.250. The average Bonchev–Trinajstić information content (AvgIpc) is 3.16. The number of urea groups is 1. The summed E-state index contributed by atoms with van der Waals surface area (Å²) in [5.41, 5.74) is 0.827. The summed E-state index contributed by atoms with van der Waals surface area (Å²) in [6, 6.07) is 8.10. The van der Waals surface area contributed by atoms with E-state index >= 15 is 0 Å². The van der Waals surface area contributed by atoms with Crippen molar-refractivity contribution in [1.29, 1.82) is 5.26 Å². The van der Waals surface area contributed by atoms with Crippen molar-refractivity contribution in [3.05, 3.63) is 46.7 Å². The van der Waals surface area contributed by atoms with Gasteiger partial charge in [-0.25, -0.2) is 14.8 Å². The lowest BCUT2D eigenvalue weighted by Gasteiger charge is -2.18. The van der Waals surface area contributed by atoms with E-state index in [-0.39, 0.29) is 16.4 Å². The van der Waals surface area contributed by atoms with Gasteiger partial charge in [0.2, 0.25) is 6.29 Å². The number of carbonyl (C=O) groups is 1. The van der Waals surface area contributed by atoms with E-state index < -0.39 is 12.3 Å². The van der Waals surface area contributed by atoms with E-state index in [1.54, 1.807) is 25.2 Å². The highest BCUT2D eigenvalue weighted by Gasteiger charge is 2.21. The third kappa shape index (κ3) is 3.85. The zero-order valence-corrected chi connectivity index (χ0v) is 14.0. The zero-order chi connectivity index (χ0) is 17.8. The Labute approximate surface area is 149 Å². The number of amides is 2. The highest BCUT2D eigenvalue weighted by molar-refractivity contribution is 6.32. The molecule has 3 rings (SSSR count). The number of hydrogen-bond acceptors (Lipinski definition) is 6. The van der Waals surface area contributed by atoms with Crippen molar-refractivity contribution in [3.8, 4) is 6.07 Å². The van der Waals surface area contributed by atoms with Gasteiger partial charge in [0, 0.05) is 19.3 Å². The molecule has 2 aromatic rings. The van der Waals surface area contributed by atoms with Gasteiger partial charge in [0.15, 0.2) is 0 Å². The molecule has 1 aliphatic heterocycles. The Hall–Kier alpha value is -2.73. The highest BCUT2D eigenvalue weighted by Crippen LogP contribution is 2.24. The molecular formula is C16H14ClN5O3. The molecule has 0 spiro atoms. The minimum Gasteiger partial charge on any atom is -0.345 e. The van der Waals surface area contributed by atoms with E-state index in [2.05, 4.69) is 15.3 Å². The van der Waals surface area contributed by atoms with Crippen LogP contribution in [0.15, 0.2) is 30.5 Å². The molecule has 1 aliphatic rings. The molecule has 0 aromatic carbocycles. The van der Waals surface area contributed by atoms with Crippen LogP contribution in [-0.4, -0.2) is 36.3 Å². The first-order valence-electron chi connectivity index (χ1n) is 7.39. The lowest BCUT2D eigenvalue weighted by atomic mass is 10.3. The predicted molar refractivity (Wildman–Crippen MR) is 90.3 cm³/mol. The van der Waals surface area contributed by atoms with E-state index in [1.807, 2.05) is 6.07 Å². The van der Waals surface area contributed by atoms with Crippen LogP contribution in [0.2, 0.25) is 5.02 Å². The van der Waals surface area contributed by atoms with E-state index in [0.29, 0.717) is 24.7 Å². The van der Waals surface area contributed by atoms with Crippen molar-refractivity contribution in [2.24, 2.45) is 0 Å². The van der Waals surface area contributed by atoms with E-state index in [0.717, 1.165) is 0 Å².